The Balaban J connectivity index is 1.67. The van der Waals surface area contributed by atoms with Crippen LogP contribution in [0.25, 0.3) is 16.7 Å². The van der Waals surface area contributed by atoms with Gasteiger partial charge in [-0.2, -0.15) is 0 Å². The number of rotatable bonds is 5. The van der Waals surface area contributed by atoms with Gasteiger partial charge in [-0.3, -0.25) is 4.57 Å². The molecule has 0 bridgehead atoms. The summed E-state index contributed by atoms with van der Waals surface area (Å²) in [6.07, 6.45) is 0. The van der Waals surface area contributed by atoms with Gasteiger partial charge in [0, 0.05) is 12.6 Å². The topological polar surface area (TPSA) is 145 Å². The van der Waals surface area contributed by atoms with E-state index in [9.17, 15) is 28.5 Å². The first-order chi connectivity index (χ1) is 14.7. The summed E-state index contributed by atoms with van der Waals surface area (Å²) in [4.78, 5) is 14.9. The van der Waals surface area contributed by atoms with Gasteiger partial charge in [-0.1, -0.05) is 29.8 Å². The highest BCUT2D eigenvalue weighted by Gasteiger charge is 2.19. The molecule has 1 aromatic heterocycles. The summed E-state index contributed by atoms with van der Waals surface area (Å²) in [5, 5.41) is 29.5. The van der Waals surface area contributed by atoms with Crippen molar-refractivity contribution in [3.05, 3.63) is 75.7 Å². The zero-order valence-electron chi connectivity index (χ0n) is 15.7. The van der Waals surface area contributed by atoms with Gasteiger partial charge in [0.25, 0.3) is 0 Å². The van der Waals surface area contributed by atoms with Crippen molar-refractivity contribution in [1.82, 2.24) is 14.3 Å². The average molecular weight is 462 g/mol. The smallest absolute Gasteiger partial charge is 0.331 e. The van der Waals surface area contributed by atoms with Gasteiger partial charge in [0.1, 0.15) is 22.1 Å². The number of para-hydroxylation sites is 1. The average Bonchev–Trinajstić information content (AvgIpc) is 3.04. The highest BCUT2D eigenvalue weighted by Crippen LogP contribution is 2.34. The monoisotopic (exact) mass is 461 g/mol. The maximum absolute atomic E-state index is 12.5. The number of sulfonamides is 1. The zero-order chi connectivity index (χ0) is 22.3. The first kappa shape index (κ1) is 20.8. The number of aromatic amines is 1. The maximum atomic E-state index is 12.5. The number of benzene rings is 3. The van der Waals surface area contributed by atoms with Crippen LogP contribution in [0.1, 0.15) is 5.56 Å². The molecule has 31 heavy (non-hydrogen) atoms. The van der Waals surface area contributed by atoms with Gasteiger partial charge < -0.3 is 20.3 Å². The minimum absolute atomic E-state index is 0.0377. The standard InChI is InChI=1S/C20H16ClN3O6S/c21-12-8-15(18(27)9-17(12)26)24-14-6-5-11(7-13(14)23-20(24)28)10-22-31(29,30)19-4-2-1-3-16(19)25/h1-9,22,25-27H,10H2,(H,23,28). The van der Waals surface area contributed by atoms with Gasteiger partial charge in [0.2, 0.25) is 10.0 Å². The van der Waals surface area contributed by atoms with Gasteiger partial charge in [0.05, 0.1) is 21.7 Å². The van der Waals surface area contributed by atoms with E-state index in [-0.39, 0.29) is 39.4 Å². The third-order valence-corrected chi connectivity index (χ3v) is 6.40. The first-order valence-electron chi connectivity index (χ1n) is 8.90. The van der Waals surface area contributed by atoms with Gasteiger partial charge in [-0.05, 0) is 35.9 Å². The van der Waals surface area contributed by atoms with Crippen LogP contribution >= 0.6 is 11.6 Å². The summed E-state index contributed by atoms with van der Waals surface area (Å²) in [6, 6.07) is 12.6. The molecule has 0 fully saturated rings. The highest BCUT2D eigenvalue weighted by molar-refractivity contribution is 7.89. The van der Waals surface area contributed by atoms with E-state index in [4.69, 9.17) is 11.6 Å². The largest absolute Gasteiger partial charge is 0.507 e. The molecule has 4 rings (SSSR count). The SMILES string of the molecule is O=c1[nH]c2cc(CNS(=O)(=O)c3ccccc3O)ccc2n1-c1cc(Cl)c(O)cc1O. The Bertz CT molecular complexity index is 1480. The molecule has 0 saturated carbocycles. The van der Waals surface area contributed by atoms with Crippen LogP contribution in [0.2, 0.25) is 5.02 Å². The second-order valence-corrected chi connectivity index (χ2v) is 8.84. The van der Waals surface area contributed by atoms with Crippen molar-refractivity contribution >= 4 is 32.7 Å². The Labute approximate surface area is 180 Å². The van der Waals surface area contributed by atoms with Gasteiger partial charge in [-0.15, -0.1) is 0 Å². The summed E-state index contributed by atoms with van der Waals surface area (Å²) in [5.41, 5.74) is 0.876. The lowest BCUT2D eigenvalue weighted by Gasteiger charge is -2.10. The predicted molar refractivity (Wildman–Crippen MR) is 114 cm³/mol. The number of H-pyrrole nitrogens is 1. The minimum atomic E-state index is -3.95. The number of imidazole rings is 1. The quantitative estimate of drug-likeness (QED) is 0.309. The van der Waals surface area contributed by atoms with Crippen LogP contribution in [-0.4, -0.2) is 33.3 Å². The molecule has 0 radical (unpaired) electrons. The fraction of sp³-hybridized carbons (Fsp3) is 0.0500. The van der Waals surface area contributed by atoms with Crippen molar-refractivity contribution in [2.75, 3.05) is 0 Å². The van der Waals surface area contributed by atoms with E-state index in [1.165, 1.54) is 34.9 Å². The van der Waals surface area contributed by atoms with E-state index in [0.29, 0.717) is 16.6 Å². The molecule has 5 N–H and O–H groups in total. The van der Waals surface area contributed by atoms with Gasteiger partial charge in [-0.25, -0.2) is 17.9 Å². The Morgan fingerprint density at radius 2 is 1.71 bits per heavy atom. The summed E-state index contributed by atoms with van der Waals surface area (Å²) in [5.74, 6) is -1.03. The molecule has 9 nitrogen and oxygen atoms in total. The van der Waals surface area contributed by atoms with E-state index < -0.39 is 15.7 Å². The fourth-order valence-electron chi connectivity index (χ4n) is 3.17. The third kappa shape index (κ3) is 3.83. The molecule has 0 unspecified atom stereocenters. The van der Waals surface area contributed by atoms with Crippen molar-refractivity contribution in [2.24, 2.45) is 0 Å². The summed E-state index contributed by atoms with van der Waals surface area (Å²) >= 11 is 5.91. The lowest BCUT2D eigenvalue weighted by Crippen LogP contribution is -2.23. The molecule has 160 valence electrons. The van der Waals surface area contributed by atoms with Gasteiger partial charge in [0.15, 0.2) is 0 Å². The van der Waals surface area contributed by atoms with Crippen molar-refractivity contribution < 1.29 is 23.7 Å². The van der Waals surface area contributed by atoms with E-state index >= 15 is 0 Å². The number of aromatic nitrogens is 2. The fourth-order valence-corrected chi connectivity index (χ4v) is 4.44. The van der Waals surface area contributed by atoms with Gasteiger partial charge >= 0.3 is 5.69 Å². The van der Waals surface area contributed by atoms with E-state index in [1.54, 1.807) is 18.2 Å². The molecule has 0 spiro atoms. The van der Waals surface area contributed by atoms with Crippen molar-refractivity contribution in [2.45, 2.75) is 11.4 Å². The van der Waals surface area contributed by atoms with E-state index in [2.05, 4.69) is 9.71 Å². The Morgan fingerprint density at radius 1 is 0.968 bits per heavy atom. The molecular weight excluding hydrogens is 446 g/mol. The molecule has 3 aromatic carbocycles. The molecule has 4 aromatic rings. The number of nitrogens with zero attached hydrogens (tertiary/aromatic N) is 1. The van der Waals surface area contributed by atoms with Crippen molar-refractivity contribution in [3.63, 3.8) is 0 Å². The molecule has 0 atom stereocenters. The number of aromatic hydroxyl groups is 3. The van der Waals surface area contributed by atoms with Crippen LogP contribution < -0.4 is 10.4 Å². The highest BCUT2D eigenvalue weighted by atomic mass is 35.5. The maximum Gasteiger partial charge on any atom is 0.331 e. The molecule has 0 aliphatic rings. The molecule has 0 saturated heterocycles. The lowest BCUT2D eigenvalue weighted by molar-refractivity contribution is 0.449. The number of hydrogen-bond acceptors (Lipinski definition) is 6. The third-order valence-electron chi connectivity index (χ3n) is 4.65. The summed E-state index contributed by atoms with van der Waals surface area (Å²) in [6.45, 7) is -0.0872. The number of hydrogen-bond donors (Lipinski definition) is 5. The zero-order valence-corrected chi connectivity index (χ0v) is 17.3. The lowest BCUT2D eigenvalue weighted by atomic mass is 10.2. The first-order valence-corrected chi connectivity index (χ1v) is 10.8. The summed E-state index contributed by atoms with van der Waals surface area (Å²) in [7, 11) is -3.95. The van der Waals surface area contributed by atoms with Crippen LogP contribution in [-0.2, 0) is 16.6 Å². The molecule has 0 amide bonds. The van der Waals surface area contributed by atoms with E-state index in [1.807, 2.05) is 0 Å². The number of nitrogens with one attached hydrogen (secondary N) is 2. The number of phenolic OH excluding ortho intramolecular Hbond substituents is 3. The van der Waals surface area contributed by atoms with Crippen molar-refractivity contribution in [1.29, 1.82) is 0 Å². The Hall–Kier alpha value is -3.47. The van der Waals surface area contributed by atoms with Crippen LogP contribution in [0, 0.1) is 0 Å². The predicted octanol–water partition coefficient (Wildman–Crippen LogP) is 2.57. The normalized spacial score (nSPS) is 11.8. The second kappa shape index (κ2) is 7.65. The molecule has 11 heteroatoms. The van der Waals surface area contributed by atoms with Crippen molar-refractivity contribution in [3.8, 4) is 22.9 Å². The Morgan fingerprint density at radius 3 is 2.45 bits per heavy atom. The number of halogens is 1. The summed E-state index contributed by atoms with van der Waals surface area (Å²) < 4.78 is 28.5. The van der Waals surface area contributed by atoms with Crippen LogP contribution in [0.5, 0.6) is 17.2 Å². The van der Waals surface area contributed by atoms with Crippen LogP contribution in [0.4, 0.5) is 0 Å². The Kier molecular flexibility index (Phi) is 5.13. The molecule has 0 aliphatic heterocycles. The van der Waals surface area contributed by atoms with E-state index in [0.717, 1.165) is 6.07 Å². The molecule has 1 heterocycles. The molecule has 0 aliphatic carbocycles. The van der Waals surface area contributed by atoms with Crippen LogP contribution in [0.15, 0.2) is 64.3 Å². The van der Waals surface area contributed by atoms with Crippen LogP contribution in [0.3, 0.4) is 0 Å². The minimum Gasteiger partial charge on any atom is -0.507 e. The number of phenols is 3. The number of fused-ring (bicyclic) bond motifs is 1. The second-order valence-electron chi connectivity index (χ2n) is 6.70. The molecular formula is C20H16ClN3O6S.